The van der Waals surface area contributed by atoms with Crippen molar-refractivity contribution in [3.05, 3.63) is 35.9 Å². The molecule has 0 saturated heterocycles. The van der Waals surface area contributed by atoms with Crippen LogP contribution in [0.2, 0.25) is 0 Å². The Morgan fingerprint density at radius 2 is 1.73 bits per heavy atom. The van der Waals surface area contributed by atoms with Gasteiger partial charge in [0.1, 0.15) is 0 Å². The summed E-state index contributed by atoms with van der Waals surface area (Å²) in [5.74, 6) is -0.384. The number of allylic oxidation sites excluding steroid dienone is 1. The minimum atomic E-state index is -0.386. The normalized spacial score (nSPS) is 14.6. The Morgan fingerprint density at radius 3 is 2.30 bits per heavy atom. The Balaban J connectivity index is 1.79. The SMILES string of the molecule is CCN(CC(=O)Nc1ccc(NC(C)=O)cc1)[C@H](C)C(=O)NCCC1=CCCCC1. The van der Waals surface area contributed by atoms with Gasteiger partial charge >= 0.3 is 0 Å². The molecule has 30 heavy (non-hydrogen) atoms. The first kappa shape index (κ1) is 23.6. The first-order chi connectivity index (χ1) is 14.4. The van der Waals surface area contributed by atoms with Crippen molar-refractivity contribution in [2.24, 2.45) is 0 Å². The average Bonchev–Trinajstić information content (AvgIpc) is 2.73. The third-order valence-electron chi connectivity index (χ3n) is 5.30. The van der Waals surface area contributed by atoms with Gasteiger partial charge in [-0.05, 0) is 69.8 Å². The molecule has 0 unspecified atom stereocenters. The van der Waals surface area contributed by atoms with Gasteiger partial charge in [0, 0.05) is 24.8 Å². The molecule has 1 aliphatic carbocycles. The molecule has 7 nitrogen and oxygen atoms in total. The lowest BCUT2D eigenvalue weighted by Crippen LogP contribution is -2.48. The van der Waals surface area contributed by atoms with Crippen molar-refractivity contribution in [3.63, 3.8) is 0 Å². The van der Waals surface area contributed by atoms with E-state index in [1.807, 2.05) is 18.7 Å². The fourth-order valence-electron chi connectivity index (χ4n) is 3.54. The van der Waals surface area contributed by atoms with Gasteiger partial charge in [0.25, 0.3) is 0 Å². The quantitative estimate of drug-likeness (QED) is 0.513. The molecule has 1 aromatic rings. The summed E-state index contributed by atoms with van der Waals surface area (Å²) >= 11 is 0. The maximum Gasteiger partial charge on any atom is 0.238 e. The minimum absolute atomic E-state index is 0.0549. The highest BCUT2D eigenvalue weighted by atomic mass is 16.2. The highest BCUT2D eigenvalue weighted by Crippen LogP contribution is 2.19. The predicted molar refractivity (Wildman–Crippen MR) is 120 cm³/mol. The van der Waals surface area contributed by atoms with Crippen LogP contribution in [0.25, 0.3) is 0 Å². The number of anilines is 2. The van der Waals surface area contributed by atoms with Gasteiger partial charge in [-0.25, -0.2) is 0 Å². The summed E-state index contributed by atoms with van der Waals surface area (Å²) in [5, 5.41) is 8.52. The van der Waals surface area contributed by atoms with Crippen molar-refractivity contribution in [3.8, 4) is 0 Å². The maximum absolute atomic E-state index is 12.5. The van der Waals surface area contributed by atoms with Gasteiger partial charge in [-0.1, -0.05) is 18.6 Å². The topological polar surface area (TPSA) is 90.5 Å². The smallest absolute Gasteiger partial charge is 0.238 e. The van der Waals surface area contributed by atoms with Crippen LogP contribution in [0.5, 0.6) is 0 Å². The van der Waals surface area contributed by atoms with Crippen molar-refractivity contribution >= 4 is 29.1 Å². The fraction of sp³-hybridized carbons (Fsp3) is 0.522. The van der Waals surface area contributed by atoms with Crippen LogP contribution in [0.3, 0.4) is 0 Å². The van der Waals surface area contributed by atoms with Crippen LogP contribution >= 0.6 is 0 Å². The summed E-state index contributed by atoms with van der Waals surface area (Å²) in [6.45, 7) is 6.57. The molecular weight excluding hydrogens is 380 g/mol. The number of rotatable bonds is 10. The molecule has 2 rings (SSSR count). The van der Waals surface area contributed by atoms with E-state index in [-0.39, 0.29) is 30.3 Å². The van der Waals surface area contributed by atoms with Crippen LogP contribution in [-0.2, 0) is 14.4 Å². The maximum atomic E-state index is 12.5. The van der Waals surface area contributed by atoms with E-state index in [9.17, 15) is 14.4 Å². The molecule has 0 heterocycles. The first-order valence-electron chi connectivity index (χ1n) is 10.8. The number of likely N-dealkylation sites (N-methyl/N-ethyl adjacent to an activating group) is 1. The van der Waals surface area contributed by atoms with Crippen LogP contribution < -0.4 is 16.0 Å². The van der Waals surface area contributed by atoms with Crippen LogP contribution in [0.15, 0.2) is 35.9 Å². The standard InChI is InChI=1S/C23H34N4O3/c1-4-27(17(2)23(30)24-15-14-19-8-6-5-7-9-19)16-22(29)26-21-12-10-20(11-13-21)25-18(3)28/h8,10-13,17H,4-7,9,14-16H2,1-3H3,(H,24,30)(H,25,28)(H,26,29)/t17-/m1/s1. The second-order valence-corrected chi connectivity index (χ2v) is 7.69. The molecule has 1 aromatic carbocycles. The lowest BCUT2D eigenvalue weighted by Gasteiger charge is -2.26. The van der Waals surface area contributed by atoms with Gasteiger partial charge < -0.3 is 16.0 Å². The van der Waals surface area contributed by atoms with E-state index in [1.54, 1.807) is 24.3 Å². The summed E-state index contributed by atoms with van der Waals surface area (Å²) in [5.41, 5.74) is 2.75. The van der Waals surface area contributed by atoms with E-state index in [4.69, 9.17) is 0 Å². The summed E-state index contributed by atoms with van der Waals surface area (Å²) in [6, 6.07) is 6.53. The molecule has 0 aromatic heterocycles. The number of carbonyl (C=O) groups excluding carboxylic acids is 3. The molecule has 7 heteroatoms. The van der Waals surface area contributed by atoms with Gasteiger partial charge in [-0.3, -0.25) is 19.3 Å². The summed E-state index contributed by atoms with van der Waals surface area (Å²) in [7, 11) is 0. The molecule has 1 aliphatic rings. The van der Waals surface area contributed by atoms with Crippen LogP contribution in [-0.4, -0.2) is 48.3 Å². The van der Waals surface area contributed by atoms with Gasteiger partial charge in [0.2, 0.25) is 17.7 Å². The van der Waals surface area contributed by atoms with Crippen molar-refractivity contribution in [1.82, 2.24) is 10.2 Å². The lowest BCUT2D eigenvalue weighted by molar-refractivity contribution is -0.127. The lowest BCUT2D eigenvalue weighted by atomic mass is 9.97. The number of nitrogens with zero attached hydrogens (tertiary/aromatic N) is 1. The van der Waals surface area contributed by atoms with E-state index in [2.05, 4.69) is 22.0 Å². The summed E-state index contributed by atoms with van der Waals surface area (Å²) in [4.78, 5) is 37.9. The first-order valence-corrected chi connectivity index (χ1v) is 10.8. The number of hydrogen-bond acceptors (Lipinski definition) is 4. The Bertz CT molecular complexity index is 758. The third kappa shape index (κ3) is 7.99. The molecule has 0 bridgehead atoms. The van der Waals surface area contributed by atoms with Gasteiger partial charge in [0.15, 0.2) is 0 Å². The molecule has 0 fully saturated rings. The molecule has 1 atom stereocenters. The Hall–Kier alpha value is -2.67. The Kier molecular flexibility index (Phi) is 9.54. The van der Waals surface area contributed by atoms with Crippen molar-refractivity contribution < 1.29 is 14.4 Å². The average molecular weight is 415 g/mol. The second-order valence-electron chi connectivity index (χ2n) is 7.69. The molecule has 3 amide bonds. The molecule has 0 radical (unpaired) electrons. The number of amides is 3. The van der Waals surface area contributed by atoms with Crippen molar-refractivity contribution in [2.75, 3.05) is 30.3 Å². The van der Waals surface area contributed by atoms with Crippen molar-refractivity contribution in [2.45, 2.75) is 58.9 Å². The number of hydrogen-bond donors (Lipinski definition) is 3. The van der Waals surface area contributed by atoms with Crippen LogP contribution in [0, 0.1) is 0 Å². The van der Waals surface area contributed by atoms with Gasteiger partial charge in [-0.15, -0.1) is 0 Å². The molecule has 164 valence electrons. The summed E-state index contributed by atoms with van der Waals surface area (Å²) in [6.07, 6.45) is 7.99. The summed E-state index contributed by atoms with van der Waals surface area (Å²) < 4.78 is 0. The molecule has 0 aliphatic heterocycles. The van der Waals surface area contributed by atoms with Crippen molar-refractivity contribution in [1.29, 1.82) is 0 Å². The van der Waals surface area contributed by atoms with E-state index in [0.717, 1.165) is 19.3 Å². The number of benzene rings is 1. The predicted octanol–water partition coefficient (Wildman–Crippen LogP) is 3.30. The molecule has 0 spiro atoms. The van der Waals surface area contributed by atoms with E-state index >= 15 is 0 Å². The zero-order chi connectivity index (χ0) is 21.9. The van der Waals surface area contributed by atoms with Crippen LogP contribution in [0.1, 0.15) is 52.9 Å². The Morgan fingerprint density at radius 1 is 1.07 bits per heavy atom. The minimum Gasteiger partial charge on any atom is -0.354 e. The fourth-order valence-corrected chi connectivity index (χ4v) is 3.54. The number of nitrogens with one attached hydrogen (secondary N) is 3. The zero-order valence-electron chi connectivity index (χ0n) is 18.3. The third-order valence-corrected chi connectivity index (χ3v) is 5.30. The zero-order valence-corrected chi connectivity index (χ0v) is 18.3. The molecular formula is C23H34N4O3. The van der Waals surface area contributed by atoms with Gasteiger partial charge in [-0.2, -0.15) is 0 Å². The van der Waals surface area contributed by atoms with Crippen LogP contribution in [0.4, 0.5) is 11.4 Å². The number of carbonyl (C=O) groups is 3. The highest BCUT2D eigenvalue weighted by Gasteiger charge is 2.22. The monoisotopic (exact) mass is 414 g/mol. The highest BCUT2D eigenvalue weighted by molar-refractivity contribution is 5.93. The molecule has 0 saturated carbocycles. The van der Waals surface area contributed by atoms with Gasteiger partial charge in [0.05, 0.1) is 12.6 Å². The largest absolute Gasteiger partial charge is 0.354 e. The van der Waals surface area contributed by atoms with E-state index in [1.165, 1.54) is 25.3 Å². The van der Waals surface area contributed by atoms with E-state index in [0.29, 0.717) is 24.5 Å². The molecule has 3 N–H and O–H groups in total. The second kappa shape index (κ2) is 12.1. The Labute approximate surface area is 179 Å². The van der Waals surface area contributed by atoms with E-state index < -0.39 is 0 Å².